The fourth-order valence-electron chi connectivity index (χ4n) is 7.88. The van der Waals surface area contributed by atoms with Crippen LogP contribution in [0.25, 0.3) is 0 Å². The van der Waals surface area contributed by atoms with Crippen molar-refractivity contribution in [3.63, 3.8) is 0 Å². The molecule has 4 aliphatic rings. The quantitative estimate of drug-likeness (QED) is 0.229. The van der Waals surface area contributed by atoms with Gasteiger partial charge < -0.3 is 10.4 Å². The lowest BCUT2D eigenvalue weighted by atomic mass is 9.69. The molecule has 2 saturated carbocycles. The van der Waals surface area contributed by atoms with Crippen molar-refractivity contribution in [3.8, 4) is 5.75 Å². The molecule has 3 amide bonds. The first-order valence-electron chi connectivity index (χ1n) is 14.3. The minimum Gasteiger partial charge on any atom is -0.508 e. The Bertz CT molecular complexity index is 1830. The fraction of sp³-hybridized carbons (Fsp3) is 0.312. The predicted octanol–water partition coefficient (Wildman–Crippen LogP) is 5.30. The summed E-state index contributed by atoms with van der Waals surface area (Å²) in [6, 6.07) is 17.9. The highest BCUT2D eigenvalue weighted by Crippen LogP contribution is 2.69. The summed E-state index contributed by atoms with van der Waals surface area (Å²) in [5, 5.41) is 15.3. The average molecular weight is 630 g/mol. The Kier molecular flexibility index (Phi) is 6.22. The van der Waals surface area contributed by atoms with Gasteiger partial charge in [-0.1, -0.05) is 35.1 Å². The van der Waals surface area contributed by atoms with E-state index in [0.717, 1.165) is 26.8 Å². The summed E-state index contributed by atoms with van der Waals surface area (Å²) >= 11 is 4.47. The van der Waals surface area contributed by atoms with Crippen molar-refractivity contribution in [1.29, 1.82) is 0 Å². The number of phenolic OH excluding ortho intramolecular Hbond substituents is 1. The number of benzene rings is 2. The largest absolute Gasteiger partial charge is 0.508 e. The number of carbonyl (C=O) groups is 3. The standard InChI is InChI=1S/C32H27N3O5S3/c1-15-4-8-17(9-5-15)35-29(38)24-19-13-20(25(24)30(35)39)27-23(19)26(21-3-2-12-41-21)28-31(42-27)34(32(40)43-28)14-22(37)33-16-6-10-18(36)11-7-16/h2-12,19-20,23-27,36H,13-14H2,1H3,(H,33,37). The van der Waals surface area contributed by atoms with Gasteiger partial charge in [-0.15, -0.1) is 23.1 Å². The van der Waals surface area contributed by atoms with E-state index in [0.29, 0.717) is 11.4 Å². The Morgan fingerprint density at radius 1 is 0.977 bits per heavy atom. The molecule has 2 aromatic heterocycles. The summed E-state index contributed by atoms with van der Waals surface area (Å²) < 4.78 is 1.57. The van der Waals surface area contributed by atoms with E-state index in [2.05, 4.69) is 11.4 Å². The molecule has 43 heavy (non-hydrogen) atoms. The van der Waals surface area contributed by atoms with E-state index in [1.807, 2.05) is 42.6 Å². The summed E-state index contributed by atoms with van der Waals surface area (Å²) in [4.78, 5) is 57.6. The highest BCUT2D eigenvalue weighted by molar-refractivity contribution is 8.00. The maximum absolute atomic E-state index is 13.9. The first-order valence-corrected chi connectivity index (χ1v) is 16.8. The molecule has 7 unspecified atom stereocenters. The normalized spacial score (nSPS) is 28.6. The Morgan fingerprint density at radius 2 is 1.70 bits per heavy atom. The van der Waals surface area contributed by atoms with E-state index < -0.39 is 0 Å². The van der Waals surface area contributed by atoms with Crippen molar-refractivity contribution in [1.82, 2.24) is 4.57 Å². The van der Waals surface area contributed by atoms with E-state index in [1.54, 1.807) is 39.8 Å². The second kappa shape index (κ2) is 9.93. The number of nitrogens with zero attached hydrogens (tertiary/aromatic N) is 2. The van der Waals surface area contributed by atoms with E-state index in [4.69, 9.17) is 0 Å². The molecule has 0 spiro atoms. The molecule has 7 atom stereocenters. The second-order valence-corrected chi connectivity index (χ2v) is 15.0. The number of aromatic nitrogens is 1. The van der Waals surface area contributed by atoms with Crippen LogP contribution in [-0.2, 0) is 20.9 Å². The van der Waals surface area contributed by atoms with Crippen LogP contribution in [0.4, 0.5) is 11.4 Å². The number of hydrogen-bond donors (Lipinski definition) is 2. The number of thiophene rings is 1. The van der Waals surface area contributed by atoms with Gasteiger partial charge in [0, 0.05) is 26.6 Å². The first-order chi connectivity index (χ1) is 20.8. The third-order valence-electron chi connectivity index (χ3n) is 9.54. The van der Waals surface area contributed by atoms with Crippen LogP contribution in [0.5, 0.6) is 5.75 Å². The molecule has 4 heterocycles. The number of nitrogens with one attached hydrogen (secondary N) is 1. The molecule has 8 nitrogen and oxygen atoms in total. The van der Waals surface area contributed by atoms with Crippen LogP contribution in [0.2, 0.25) is 0 Å². The maximum atomic E-state index is 13.9. The van der Waals surface area contributed by atoms with Crippen molar-refractivity contribution < 1.29 is 19.5 Å². The Hall–Kier alpha value is -3.67. The summed E-state index contributed by atoms with van der Waals surface area (Å²) in [7, 11) is 0. The van der Waals surface area contributed by atoms with Gasteiger partial charge in [-0.3, -0.25) is 28.6 Å². The lowest BCUT2D eigenvalue weighted by molar-refractivity contribution is -0.123. The molecule has 11 heteroatoms. The molecule has 1 saturated heterocycles. The number of imide groups is 1. The number of hydrogen-bond acceptors (Lipinski definition) is 8. The molecule has 0 radical (unpaired) electrons. The van der Waals surface area contributed by atoms with E-state index in [9.17, 15) is 24.3 Å². The number of fused-ring (bicyclic) bond motifs is 9. The third kappa shape index (κ3) is 4.08. The van der Waals surface area contributed by atoms with Gasteiger partial charge >= 0.3 is 4.87 Å². The Labute approximate surface area is 259 Å². The van der Waals surface area contributed by atoms with Crippen LogP contribution in [0.3, 0.4) is 0 Å². The van der Waals surface area contributed by atoms with Gasteiger partial charge in [0.25, 0.3) is 0 Å². The average Bonchev–Trinajstić information content (AvgIpc) is 3.81. The number of amides is 3. The van der Waals surface area contributed by atoms with Crippen molar-refractivity contribution in [2.75, 3.05) is 10.2 Å². The van der Waals surface area contributed by atoms with Gasteiger partial charge in [-0.05, 0) is 78.9 Å². The summed E-state index contributed by atoms with van der Waals surface area (Å²) in [6.07, 6.45) is 0.819. The van der Waals surface area contributed by atoms with Crippen molar-refractivity contribution in [2.45, 2.75) is 36.1 Å². The van der Waals surface area contributed by atoms with Crippen LogP contribution in [-0.4, -0.2) is 32.6 Å². The topological polar surface area (TPSA) is 109 Å². The summed E-state index contributed by atoms with van der Waals surface area (Å²) in [5.74, 6) is -1.03. The van der Waals surface area contributed by atoms with Crippen LogP contribution in [0, 0.1) is 36.5 Å². The SMILES string of the molecule is Cc1ccc(N2C(=O)C3C4CC(C3C2=O)C2C(c3cccs3)c3sc(=O)n(CC(=O)Nc5ccc(O)cc5)c3SC42)cc1. The zero-order valence-corrected chi connectivity index (χ0v) is 25.5. The highest BCUT2D eigenvalue weighted by atomic mass is 32.2. The van der Waals surface area contributed by atoms with Gasteiger partial charge in [0.1, 0.15) is 12.3 Å². The molecule has 4 aromatic rings. The van der Waals surface area contributed by atoms with E-state index >= 15 is 0 Å². The van der Waals surface area contributed by atoms with E-state index in [1.165, 1.54) is 28.4 Å². The second-order valence-electron chi connectivity index (χ2n) is 11.8. The minimum atomic E-state index is -0.366. The smallest absolute Gasteiger partial charge is 0.308 e. The Morgan fingerprint density at radius 3 is 2.40 bits per heavy atom. The zero-order chi connectivity index (χ0) is 29.6. The number of rotatable bonds is 5. The van der Waals surface area contributed by atoms with Crippen LogP contribution < -0.4 is 15.1 Å². The van der Waals surface area contributed by atoms with Gasteiger partial charge in [0.2, 0.25) is 17.7 Å². The third-order valence-corrected chi connectivity index (χ3v) is 13.3. The van der Waals surface area contributed by atoms with Crippen molar-refractivity contribution in [2.24, 2.45) is 29.6 Å². The fourth-order valence-corrected chi connectivity index (χ4v) is 12.0. The number of anilines is 2. The number of aryl methyl sites for hydroxylation is 1. The molecule has 8 rings (SSSR count). The number of thioether (sulfide) groups is 1. The van der Waals surface area contributed by atoms with Gasteiger partial charge in [-0.2, -0.15) is 0 Å². The number of phenols is 1. The van der Waals surface area contributed by atoms with Crippen molar-refractivity contribution in [3.05, 3.63) is 91.0 Å². The molecule has 2 aromatic carbocycles. The molecule has 2 N–H and O–H groups in total. The Balaban J connectivity index is 1.15. The lowest BCUT2D eigenvalue weighted by Crippen LogP contribution is -2.43. The highest BCUT2D eigenvalue weighted by Gasteiger charge is 2.70. The predicted molar refractivity (Wildman–Crippen MR) is 167 cm³/mol. The summed E-state index contributed by atoms with van der Waals surface area (Å²) in [6.45, 7) is 1.85. The van der Waals surface area contributed by atoms with Gasteiger partial charge in [0.15, 0.2) is 0 Å². The molecule has 2 bridgehead atoms. The zero-order valence-electron chi connectivity index (χ0n) is 23.0. The number of thiazole rings is 1. The summed E-state index contributed by atoms with van der Waals surface area (Å²) in [5.41, 5.74) is 2.23. The van der Waals surface area contributed by atoms with Crippen LogP contribution in [0.1, 0.15) is 27.7 Å². The minimum absolute atomic E-state index is 0.0155. The monoisotopic (exact) mass is 629 g/mol. The molecule has 218 valence electrons. The van der Waals surface area contributed by atoms with Crippen LogP contribution in [0.15, 0.2) is 75.9 Å². The number of carbonyl (C=O) groups excluding carboxylic acids is 3. The lowest BCUT2D eigenvalue weighted by Gasteiger charge is -2.42. The van der Waals surface area contributed by atoms with Crippen molar-refractivity contribution >= 4 is 63.5 Å². The molecular formula is C32H27N3O5S3. The first kappa shape index (κ1) is 26.9. The molecule has 2 aliphatic heterocycles. The van der Waals surface area contributed by atoms with Gasteiger partial charge in [-0.25, -0.2) is 0 Å². The molecular weight excluding hydrogens is 603 g/mol. The van der Waals surface area contributed by atoms with E-state index in [-0.39, 0.29) is 75.6 Å². The molecule has 2 aliphatic carbocycles. The van der Waals surface area contributed by atoms with Gasteiger partial charge in [0.05, 0.1) is 22.5 Å². The molecule has 3 fully saturated rings. The number of aromatic hydroxyl groups is 1. The maximum Gasteiger partial charge on any atom is 0.308 e. The van der Waals surface area contributed by atoms with Crippen LogP contribution >= 0.6 is 34.4 Å².